The first-order valence-electron chi connectivity index (χ1n) is 12.8. The van der Waals surface area contributed by atoms with Gasteiger partial charge in [0.2, 0.25) is 5.91 Å². The number of esters is 1. The zero-order chi connectivity index (χ0) is 28.7. The van der Waals surface area contributed by atoms with Crippen molar-refractivity contribution in [2.24, 2.45) is 11.3 Å². The summed E-state index contributed by atoms with van der Waals surface area (Å²) in [5, 5.41) is 2.39. The molecule has 0 spiro atoms. The van der Waals surface area contributed by atoms with E-state index in [-0.39, 0.29) is 29.1 Å². The number of nitrogens with one attached hydrogen (secondary N) is 1. The van der Waals surface area contributed by atoms with E-state index >= 15 is 0 Å². The molecule has 1 aliphatic carbocycles. The van der Waals surface area contributed by atoms with Crippen molar-refractivity contribution in [3.63, 3.8) is 0 Å². The second-order valence-electron chi connectivity index (χ2n) is 12.4. The molecule has 3 rings (SSSR count). The predicted octanol–water partition coefficient (Wildman–Crippen LogP) is 7.71. The minimum absolute atomic E-state index is 0.193. The van der Waals surface area contributed by atoms with Crippen LogP contribution in [-0.2, 0) is 26.2 Å². The number of hydrogen-bond acceptors (Lipinski definition) is 3. The molecule has 0 aliphatic heterocycles. The van der Waals surface area contributed by atoms with Crippen LogP contribution in [0.1, 0.15) is 83.9 Å². The molecule has 0 heterocycles. The molecule has 1 aliphatic rings. The van der Waals surface area contributed by atoms with Crippen molar-refractivity contribution < 1.29 is 31.9 Å². The van der Waals surface area contributed by atoms with E-state index in [2.05, 4.69) is 5.32 Å². The first-order chi connectivity index (χ1) is 17.3. The smallest absolute Gasteiger partial charge is 0.392 e. The maximum Gasteiger partial charge on any atom is 0.392 e. The quantitative estimate of drug-likeness (QED) is 0.292. The van der Waals surface area contributed by atoms with E-state index in [9.17, 15) is 27.2 Å². The van der Waals surface area contributed by atoms with Crippen LogP contribution in [-0.4, -0.2) is 23.7 Å². The van der Waals surface area contributed by atoms with Gasteiger partial charge in [-0.1, -0.05) is 58.0 Å². The number of carbonyl (C=O) groups excluding carboxylic acids is 2. The summed E-state index contributed by atoms with van der Waals surface area (Å²) in [5.74, 6) is -5.65. The van der Waals surface area contributed by atoms with Crippen LogP contribution in [0, 0.1) is 17.2 Å². The van der Waals surface area contributed by atoms with Gasteiger partial charge in [0.05, 0.1) is 22.9 Å². The van der Waals surface area contributed by atoms with Crippen LogP contribution >= 0.6 is 0 Å². The molecule has 1 saturated carbocycles. The topological polar surface area (TPSA) is 55.4 Å². The number of benzene rings is 2. The summed E-state index contributed by atoms with van der Waals surface area (Å²) in [5.41, 5.74) is -0.110. The van der Waals surface area contributed by atoms with E-state index < -0.39 is 40.8 Å². The van der Waals surface area contributed by atoms with Gasteiger partial charge < -0.3 is 10.1 Å². The van der Waals surface area contributed by atoms with Crippen molar-refractivity contribution in [2.45, 2.75) is 90.8 Å². The largest absolute Gasteiger partial charge is 0.460 e. The molecule has 2 atom stereocenters. The van der Waals surface area contributed by atoms with Gasteiger partial charge in [0.25, 0.3) is 0 Å². The van der Waals surface area contributed by atoms with Crippen LogP contribution < -0.4 is 5.32 Å². The molecule has 1 fully saturated rings. The van der Waals surface area contributed by atoms with E-state index in [0.29, 0.717) is 18.4 Å². The number of rotatable bonds is 7. The van der Waals surface area contributed by atoms with Crippen LogP contribution in [0.5, 0.6) is 0 Å². The van der Waals surface area contributed by atoms with Crippen molar-refractivity contribution in [3.05, 3.63) is 65.0 Å². The summed E-state index contributed by atoms with van der Waals surface area (Å²) in [6.45, 7) is 12.2. The fourth-order valence-corrected chi connectivity index (χ4v) is 4.42. The zero-order valence-corrected chi connectivity index (χ0v) is 23.1. The van der Waals surface area contributed by atoms with Gasteiger partial charge in [0, 0.05) is 0 Å². The molecular weight excluding hydrogens is 498 g/mol. The number of amides is 1. The molecule has 208 valence electrons. The third kappa shape index (κ3) is 7.14. The minimum atomic E-state index is -4.64. The lowest BCUT2D eigenvalue weighted by Crippen LogP contribution is -2.34. The molecule has 1 amide bonds. The van der Waals surface area contributed by atoms with Crippen molar-refractivity contribution in [3.8, 4) is 0 Å². The van der Waals surface area contributed by atoms with E-state index in [1.807, 2.05) is 20.8 Å². The Morgan fingerprint density at radius 1 is 0.974 bits per heavy atom. The lowest BCUT2D eigenvalue weighted by molar-refractivity contribution is -0.178. The summed E-state index contributed by atoms with van der Waals surface area (Å²) < 4.78 is 61.6. The van der Waals surface area contributed by atoms with Crippen LogP contribution in [0.2, 0.25) is 0 Å². The molecule has 0 aromatic heterocycles. The van der Waals surface area contributed by atoms with Gasteiger partial charge in [-0.25, -0.2) is 4.39 Å². The number of carbonyl (C=O) groups is 2. The van der Waals surface area contributed by atoms with Crippen molar-refractivity contribution >= 4 is 17.6 Å². The van der Waals surface area contributed by atoms with Crippen LogP contribution in [0.15, 0.2) is 42.5 Å². The average molecular weight is 536 g/mol. The Bertz CT molecular complexity index is 1170. The second kappa shape index (κ2) is 10.3. The van der Waals surface area contributed by atoms with Crippen LogP contribution in [0.25, 0.3) is 0 Å². The molecule has 38 heavy (non-hydrogen) atoms. The van der Waals surface area contributed by atoms with Crippen LogP contribution in [0.4, 0.5) is 23.2 Å². The Balaban J connectivity index is 1.87. The highest BCUT2D eigenvalue weighted by atomic mass is 19.4. The highest BCUT2D eigenvalue weighted by molar-refractivity contribution is 5.96. The maximum absolute atomic E-state index is 14.7. The Morgan fingerprint density at radius 3 is 2.03 bits per heavy atom. The van der Waals surface area contributed by atoms with E-state index in [1.54, 1.807) is 32.9 Å². The van der Waals surface area contributed by atoms with Gasteiger partial charge in [-0.3, -0.25) is 9.59 Å². The van der Waals surface area contributed by atoms with Gasteiger partial charge >= 0.3 is 12.1 Å². The normalized spacial score (nSPS) is 16.9. The van der Waals surface area contributed by atoms with Gasteiger partial charge in [-0.15, -0.1) is 0 Å². The summed E-state index contributed by atoms with van der Waals surface area (Å²) >= 11 is 0. The Hall–Kier alpha value is -2.90. The number of anilines is 1. The number of alkyl halides is 3. The zero-order valence-electron chi connectivity index (χ0n) is 23.1. The summed E-state index contributed by atoms with van der Waals surface area (Å²) in [6.07, 6.45) is -3.12. The molecule has 4 nitrogen and oxygen atoms in total. The first-order valence-corrected chi connectivity index (χ1v) is 12.8. The Morgan fingerprint density at radius 2 is 1.55 bits per heavy atom. The SMILES string of the molecule is C[C@H]([C@H](C(=O)Nc1cc(CC2(C(=O)OC(C)(C)C)CC2)ccc1F)c1ccc(C(C)(C)C)cc1)C(F)(F)F. The molecule has 0 saturated heterocycles. The number of hydrogen-bond donors (Lipinski definition) is 1. The van der Waals surface area contributed by atoms with E-state index in [1.165, 1.54) is 24.3 Å². The predicted molar refractivity (Wildman–Crippen MR) is 139 cm³/mol. The molecule has 8 heteroatoms. The highest BCUT2D eigenvalue weighted by Crippen LogP contribution is 2.50. The standard InChI is InChI=1S/C30H37F4NO3/c1-18(30(32,33)34)24(20-9-11-21(12-10-20)27(2,3)4)25(36)35-23-16-19(8-13-22(23)31)17-29(14-15-29)26(37)38-28(5,6)7/h8-13,16,18,24H,14-15,17H2,1-7H3,(H,35,36)/t18-,24+/m1/s1. The molecule has 1 N–H and O–H groups in total. The summed E-state index contributed by atoms with van der Waals surface area (Å²) in [7, 11) is 0. The lowest BCUT2D eigenvalue weighted by atomic mass is 9.82. The van der Waals surface area contributed by atoms with Crippen molar-refractivity contribution in [1.82, 2.24) is 0 Å². The average Bonchev–Trinajstić information content (AvgIpc) is 3.55. The lowest BCUT2D eigenvalue weighted by Gasteiger charge is -2.27. The number of halogens is 4. The van der Waals surface area contributed by atoms with Gasteiger partial charge in [0.15, 0.2) is 0 Å². The van der Waals surface area contributed by atoms with Gasteiger partial charge in [-0.05, 0) is 74.3 Å². The van der Waals surface area contributed by atoms with Crippen molar-refractivity contribution in [2.75, 3.05) is 5.32 Å². The van der Waals surface area contributed by atoms with E-state index in [0.717, 1.165) is 18.6 Å². The Kier molecular flexibility index (Phi) is 8.07. The monoisotopic (exact) mass is 535 g/mol. The third-order valence-electron chi connectivity index (χ3n) is 6.95. The third-order valence-corrected chi connectivity index (χ3v) is 6.95. The summed E-state index contributed by atoms with van der Waals surface area (Å²) in [4.78, 5) is 26.0. The molecule has 2 aromatic carbocycles. The fourth-order valence-electron chi connectivity index (χ4n) is 4.42. The van der Waals surface area contributed by atoms with Crippen LogP contribution in [0.3, 0.4) is 0 Å². The first kappa shape index (κ1) is 29.7. The van der Waals surface area contributed by atoms with Crippen molar-refractivity contribution in [1.29, 1.82) is 0 Å². The molecule has 2 aromatic rings. The molecule has 0 unspecified atom stereocenters. The Labute approximate surface area is 222 Å². The maximum atomic E-state index is 14.7. The molecule has 0 bridgehead atoms. The fraction of sp³-hybridized carbons (Fsp3) is 0.533. The molecular formula is C30H37F4NO3. The van der Waals surface area contributed by atoms with E-state index in [4.69, 9.17) is 4.74 Å². The minimum Gasteiger partial charge on any atom is -0.460 e. The second-order valence-corrected chi connectivity index (χ2v) is 12.4. The van der Waals surface area contributed by atoms with Gasteiger partial charge in [0.1, 0.15) is 11.4 Å². The number of ether oxygens (including phenoxy) is 1. The highest BCUT2D eigenvalue weighted by Gasteiger charge is 2.52. The molecule has 0 radical (unpaired) electrons. The van der Waals surface area contributed by atoms with Gasteiger partial charge in [-0.2, -0.15) is 13.2 Å². The summed E-state index contributed by atoms with van der Waals surface area (Å²) in [6, 6.07) is 10.5.